The fourth-order valence-corrected chi connectivity index (χ4v) is 4.20. The van der Waals surface area contributed by atoms with Crippen LogP contribution in [0.25, 0.3) is 0 Å². The van der Waals surface area contributed by atoms with Crippen LogP contribution in [0.5, 0.6) is 0 Å². The Labute approximate surface area is 138 Å². The van der Waals surface area contributed by atoms with Crippen molar-refractivity contribution >= 4 is 5.97 Å². The maximum Gasteiger partial charge on any atom is 0.315 e. The number of esters is 1. The topological polar surface area (TPSA) is 49.4 Å². The zero-order valence-corrected chi connectivity index (χ0v) is 14.2. The average molecular weight is 317 g/mol. The van der Waals surface area contributed by atoms with Crippen LogP contribution in [-0.4, -0.2) is 49.8 Å². The van der Waals surface area contributed by atoms with Gasteiger partial charge in [0.05, 0.1) is 25.6 Å². The molecule has 0 saturated carbocycles. The second-order valence-electron chi connectivity index (χ2n) is 7.48. The number of piperidine rings is 3. The Morgan fingerprint density at radius 3 is 2.48 bits per heavy atom. The van der Waals surface area contributed by atoms with Gasteiger partial charge in [0.1, 0.15) is 6.54 Å². The SMILES string of the molecule is CCC(C[O-])(C(=O)OC1C[N+]2(C)CCC1CC2)c1ccccc1. The van der Waals surface area contributed by atoms with Crippen LogP contribution >= 0.6 is 0 Å². The lowest BCUT2D eigenvalue weighted by molar-refractivity contribution is -0.928. The van der Waals surface area contributed by atoms with E-state index in [2.05, 4.69) is 7.05 Å². The van der Waals surface area contributed by atoms with Gasteiger partial charge in [-0.15, -0.1) is 6.61 Å². The third-order valence-corrected chi connectivity index (χ3v) is 6.05. The molecule has 3 aliphatic heterocycles. The zero-order valence-electron chi connectivity index (χ0n) is 14.2. The Morgan fingerprint density at radius 2 is 1.96 bits per heavy atom. The van der Waals surface area contributed by atoms with E-state index < -0.39 is 12.0 Å². The maximum absolute atomic E-state index is 12.9. The van der Waals surface area contributed by atoms with Crippen LogP contribution in [0.2, 0.25) is 0 Å². The van der Waals surface area contributed by atoms with E-state index in [1.165, 1.54) is 13.1 Å². The van der Waals surface area contributed by atoms with Crippen molar-refractivity contribution in [1.82, 2.24) is 0 Å². The van der Waals surface area contributed by atoms with Crippen molar-refractivity contribution in [2.75, 3.05) is 33.3 Å². The lowest BCUT2D eigenvalue weighted by Crippen LogP contribution is -2.63. The average Bonchev–Trinajstić information content (AvgIpc) is 2.57. The molecule has 3 heterocycles. The van der Waals surface area contributed by atoms with Crippen LogP contribution in [0.15, 0.2) is 30.3 Å². The number of rotatable bonds is 5. The summed E-state index contributed by atoms with van der Waals surface area (Å²) in [7, 11) is 2.24. The van der Waals surface area contributed by atoms with Gasteiger partial charge in [-0.05, 0) is 12.0 Å². The number of fused-ring (bicyclic) bond motifs is 3. The lowest BCUT2D eigenvalue weighted by Gasteiger charge is -2.50. The number of benzene rings is 1. The number of likely N-dealkylation sites (N-methyl/N-ethyl adjacent to an activating group) is 1. The molecule has 0 radical (unpaired) electrons. The Morgan fingerprint density at radius 1 is 1.30 bits per heavy atom. The molecular formula is C19H27NO3. The van der Waals surface area contributed by atoms with E-state index in [0.717, 1.165) is 29.4 Å². The Bertz CT molecular complexity index is 545. The lowest BCUT2D eigenvalue weighted by atomic mass is 9.78. The van der Waals surface area contributed by atoms with E-state index in [1.807, 2.05) is 37.3 Å². The molecule has 0 spiro atoms. The Kier molecular flexibility index (Phi) is 4.47. The van der Waals surface area contributed by atoms with Gasteiger partial charge in [-0.2, -0.15) is 0 Å². The number of ether oxygens (including phenoxy) is 1. The van der Waals surface area contributed by atoms with Gasteiger partial charge in [0.2, 0.25) is 0 Å². The van der Waals surface area contributed by atoms with E-state index in [-0.39, 0.29) is 12.1 Å². The van der Waals surface area contributed by atoms with Gasteiger partial charge in [-0.25, -0.2) is 0 Å². The first-order valence-electron chi connectivity index (χ1n) is 8.71. The summed E-state index contributed by atoms with van der Waals surface area (Å²) in [6.45, 7) is 4.69. The van der Waals surface area contributed by atoms with E-state index >= 15 is 0 Å². The Balaban J connectivity index is 1.80. The quantitative estimate of drug-likeness (QED) is 0.610. The third-order valence-electron chi connectivity index (χ3n) is 6.05. The molecule has 0 aromatic heterocycles. The van der Waals surface area contributed by atoms with E-state index in [4.69, 9.17) is 4.74 Å². The minimum atomic E-state index is -1.05. The van der Waals surface area contributed by atoms with Gasteiger partial charge in [-0.3, -0.25) is 4.79 Å². The van der Waals surface area contributed by atoms with Gasteiger partial charge in [0.25, 0.3) is 0 Å². The molecule has 2 bridgehead atoms. The van der Waals surface area contributed by atoms with E-state index in [0.29, 0.717) is 12.3 Å². The van der Waals surface area contributed by atoms with Gasteiger partial charge in [0.15, 0.2) is 6.10 Å². The summed E-state index contributed by atoms with van der Waals surface area (Å²) >= 11 is 0. The summed E-state index contributed by atoms with van der Waals surface area (Å²) in [5.74, 6) is 0.141. The van der Waals surface area contributed by atoms with E-state index in [9.17, 15) is 9.90 Å². The van der Waals surface area contributed by atoms with Crippen molar-refractivity contribution in [3.05, 3.63) is 35.9 Å². The van der Waals surface area contributed by atoms with Crippen LogP contribution < -0.4 is 5.11 Å². The van der Waals surface area contributed by atoms with Crippen LogP contribution in [0.1, 0.15) is 31.7 Å². The number of quaternary nitrogens is 1. The maximum atomic E-state index is 12.9. The normalized spacial score (nSPS) is 32.3. The van der Waals surface area contributed by atoms with Gasteiger partial charge in [0, 0.05) is 18.8 Å². The molecule has 23 heavy (non-hydrogen) atoms. The van der Waals surface area contributed by atoms with Crippen LogP contribution in [0.3, 0.4) is 0 Å². The fourth-order valence-electron chi connectivity index (χ4n) is 4.20. The monoisotopic (exact) mass is 317 g/mol. The number of carbonyl (C=O) groups is 1. The van der Waals surface area contributed by atoms with Crippen molar-refractivity contribution in [3.63, 3.8) is 0 Å². The summed E-state index contributed by atoms with van der Waals surface area (Å²) < 4.78 is 6.93. The van der Waals surface area contributed by atoms with Crippen molar-refractivity contribution in [1.29, 1.82) is 0 Å². The van der Waals surface area contributed by atoms with Crippen molar-refractivity contribution in [2.45, 2.75) is 37.7 Å². The summed E-state index contributed by atoms with van der Waals surface area (Å²) in [5.41, 5.74) is -0.268. The predicted molar refractivity (Wildman–Crippen MR) is 86.7 cm³/mol. The van der Waals surface area contributed by atoms with Crippen molar-refractivity contribution in [3.8, 4) is 0 Å². The smallest absolute Gasteiger partial charge is 0.315 e. The van der Waals surface area contributed by atoms with Crippen molar-refractivity contribution in [2.24, 2.45) is 5.92 Å². The van der Waals surface area contributed by atoms with Gasteiger partial charge < -0.3 is 14.3 Å². The molecule has 126 valence electrons. The molecule has 4 rings (SSSR count). The number of carbonyl (C=O) groups excluding carboxylic acids is 1. The second kappa shape index (κ2) is 6.25. The highest BCUT2D eigenvalue weighted by Crippen LogP contribution is 2.36. The highest BCUT2D eigenvalue weighted by molar-refractivity contribution is 5.83. The molecule has 3 aliphatic rings. The van der Waals surface area contributed by atoms with Crippen LogP contribution in [0, 0.1) is 5.92 Å². The molecule has 4 nitrogen and oxygen atoms in total. The number of hydrogen-bond donors (Lipinski definition) is 0. The molecule has 1 aromatic carbocycles. The molecule has 3 saturated heterocycles. The first-order valence-corrected chi connectivity index (χ1v) is 8.71. The molecule has 0 N–H and O–H groups in total. The minimum Gasteiger partial charge on any atom is -0.853 e. The van der Waals surface area contributed by atoms with Gasteiger partial charge >= 0.3 is 5.97 Å². The molecule has 4 heteroatoms. The summed E-state index contributed by atoms with van der Waals surface area (Å²) in [5, 5.41) is 12.0. The van der Waals surface area contributed by atoms with Gasteiger partial charge in [-0.1, -0.05) is 37.3 Å². The van der Waals surface area contributed by atoms with E-state index in [1.54, 1.807) is 0 Å². The fraction of sp³-hybridized carbons (Fsp3) is 0.632. The standard InChI is InChI=1S/C19H27NO3/c1-3-19(14-21,16-7-5-4-6-8-16)18(22)23-17-13-20(2)11-9-15(17)10-12-20/h4-8,15,17H,3,9-14H2,1-2H3. The Hall–Kier alpha value is -1.39. The highest BCUT2D eigenvalue weighted by atomic mass is 16.5. The predicted octanol–water partition coefficient (Wildman–Crippen LogP) is 1.48. The summed E-state index contributed by atoms with van der Waals surface area (Å²) in [4.78, 5) is 12.9. The minimum absolute atomic E-state index is 0.0313. The van der Waals surface area contributed by atoms with Crippen LogP contribution in [0.4, 0.5) is 0 Å². The molecular weight excluding hydrogens is 290 g/mol. The molecule has 0 aliphatic carbocycles. The first-order chi connectivity index (χ1) is 11.0. The summed E-state index contributed by atoms with van der Waals surface area (Å²) in [6, 6.07) is 9.39. The number of nitrogens with zero attached hydrogens (tertiary/aromatic N) is 1. The highest BCUT2D eigenvalue weighted by Gasteiger charge is 2.47. The molecule has 2 atom stereocenters. The third kappa shape index (κ3) is 2.90. The molecule has 1 aromatic rings. The second-order valence-corrected chi connectivity index (χ2v) is 7.48. The number of hydrogen-bond acceptors (Lipinski definition) is 3. The zero-order chi connectivity index (χ0) is 16.5. The molecule has 0 amide bonds. The molecule has 3 fully saturated rings. The molecule has 2 unspecified atom stereocenters. The summed E-state index contributed by atoms with van der Waals surface area (Å²) in [6.07, 6.45) is 2.69. The van der Waals surface area contributed by atoms with Crippen molar-refractivity contribution < 1.29 is 19.1 Å². The first kappa shape index (κ1) is 16.5. The van der Waals surface area contributed by atoms with Crippen LogP contribution in [-0.2, 0) is 14.9 Å². The largest absolute Gasteiger partial charge is 0.853 e.